The summed E-state index contributed by atoms with van der Waals surface area (Å²) in [7, 11) is 1.96. The van der Waals surface area contributed by atoms with Crippen molar-refractivity contribution in [2.75, 3.05) is 20.1 Å². The summed E-state index contributed by atoms with van der Waals surface area (Å²) in [6, 6.07) is 18.4. The van der Waals surface area contributed by atoms with Crippen LogP contribution in [0.5, 0.6) is 0 Å². The van der Waals surface area contributed by atoms with Crippen LogP contribution in [-0.2, 0) is 11.3 Å². The summed E-state index contributed by atoms with van der Waals surface area (Å²) in [5.74, 6) is 0.379. The summed E-state index contributed by atoms with van der Waals surface area (Å²) >= 11 is 3.43. The Kier molecular flexibility index (Phi) is 6.81. The van der Waals surface area contributed by atoms with Crippen LogP contribution in [0.25, 0.3) is 0 Å². The summed E-state index contributed by atoms with van der Waals surface area (Å²) in [5, 5.41) is 3.02. The van der Waals surface area contributed by atoms with Gasteiger partial charge in [0.25, 0.3) is 0 Å². The lowest BCUT2D eigenvalue weighted by Crippen LogP contribution is -2.36. The van der Waals surface area contributed by atoms with Gasteiger partial charge >= 0.3 is 0 Å². The maximum absolute atomic E-state index is 12.1. The van der Waals surface area contributed by atoms with Crippen molar-refractivity contribution in [2.24, 2.45) is 0 Å². The third kappa shape index (κ3) is 6.16. The zero-order valence-corrected chi connectivity index (χ0v) is 15.2. The highest BCUT2D eigenvalue weighted by Crippen LogP contribution is 2.13. The van der Waals surface area contributed by atoms with Crippen molar-refractivity contribution in [3.63, 3.8) is 0 Å². The zero-order chi connectivity index (χ0) is 16.7. The standard InChI is InChI=1S/C19H23BrN2O/c1-15(17-6-4-3-5-7-17)12-21-19(23)14-22(2)13-16-8-10-18(20)11-9-16/h3-11,15H,12-14H2,1-2H3,(H,21,23)/t15-/m1/s1. The Labute approximate surface area is 146 Å². The van der Waals surface area contributed by atoms with Crippen LogP contribution in [0.4, 0.5) is 0 Å². The molecule has 0 heterocycles. The van der Waals surface area contributed by atoms with E-state index in [-0.39, 0.29) is 5.91 Å². The molecule has 23 heavy (non-hydrogen) atoms. The molecule has 1 atom stereocenters. The van der Waals surface area contributed by atoms with Gasteiger partial charge in [0.15, 0.2) is 0 Å². The Balaban J connectivity index is 1.74. The van der Waals surface area contributed by atoms with Gasteiger partial charge < -0.3 is 5.32 Å². The SMILES string of the molecule is C[C@H](CNC(=O)CN(C)Cc1ccc(Br)cc1)c1ccccc1. The summed E-state index contributed by atoms with van der Waals surface area (Å²) in [6.07, 6.45) is 0. The average Bonchev–Trinajstić information content (AvgIpc) is 2.55. The molecule has 2 aromatic carbocycles. The molecule has 2 aromatic rings. The van der Waals surface area contributed by atoms with Crippen LogP contribution in [0, 0.1) is 0 Å². The molecule has 0 saturated heterocycles. The average molecular weight is 375 g/mol. The Morgan fingerprint density at radius 2 is 1.78 bits per heavy atom. The fourth-order valence-corrected chi connectivity index (χ4v) is 2.69. The van der Waals surface area contributed by atoms with E-state index in [4.69, 9.17) is 0 Å². The second-order valence-corrected chi connectivity index (χ2v) is 6.83. The molecular weight excluding hydrogens is 352 g/mol. The van der Waals surface area contributed by atoms with Gasteiger partial charge in [0.2, 0.25) is 5.91 Å². The summed E-state index contributed by atoms with van der Waals surface area (Å²) in [6.45, 7) is 3.95. The molecule has 0 aliphatic carbocycles. The maximum atomic E-state index is 12.1. The number of rotatable bonds is 7. The number of halogens is 1. The third-order valence-corrected chi connectivity index (χ3v) is 4.28. The van der Waals surface area contributed by atoms with Crippen molar-refractivity contribution in [1.82, 2.24) is 10.2 Å². The molecule has 0 radical (unpaired) electrons. The molecule has 122 valence electrons. The number of likely N-dealkylation sites (N-methyl/N-ethyl adjacent to an activating group) is 1. The molecule has 0 aromatic heterocycles. The lowest BCUT2D eigenvalue weighted by molar-refractivity contribution is -0.122. The number of amides is 1. The van der Waals surface area contributed by atoms with Crippen LogP contribution >= 0.6 is 15.9 Å². The van der Waals surface area contributed by atoms with E-state index in [1.54, 1.807) is 0 Å². The van der Waals surface area contributed by atoms with Crippen molar-refractivity contribution < 1.29 is 4.79 Å². The Hall–Kier alpha value is -1.65. The first kappa shape index (κ1) is 17.7. The minimum absolute atomic E-state index is 0.0624. The first-order valence-corrected chi connectivity index (χ1v) is 8.58. The Bertz CT molecular complexity index is 613. The minimum Gasteiger partial charge on any atom is -0.354 e. The van der Waals surface area contributed by atoms with E-state index in [1.165, 1.54) is 11.1 Å². The second-order valence-electron chi connectivity index (χ2n) is 5.91. The summed E-state index contributed by atoms with van der Waals surface area (Å²) in [4.78, 5) is 14.1. The molecule has 0 aliphatic rings. The van der Waals surface area contributed by atoms with E-state index in [1.807, 2.05) is 42.3 Å². The van der Waals surface area contributed by atoms with Gasteiger partial charge in [0, 0.05) is 17.6 Å². The number of carbonyl (C=O) groups excluding carboxylic acids is 1. The molecule has 0 saturated carbocycles. The Morgan fingerprint density at radius 1 is 1.13 bits per heavy atom. The van der Waals surface area contributed by atoms with Crippen molar-refractivity contribution >= 4 is 21.8 Å². The van der Waals surface area contributed by atoms with Crippen LogP contribution in [0.2, 0.25) is 0 Å². The molecular formula is C19H23BrN2O. The molecule has 4 heteroatoms. The lowest BCUT2D eigenvalue weighted by Gasteiger charge is -2.18. The smallest absolute Gasteiger partial charge is 0.234 e. The number of hydrogen-bond acceptors (Lipinski definition) is 2. The lowest BCUT2D eigenvalue weighted by atomic mass is 10.0. The summed E-state index contributed by atoms with van der Waals surface area (Å²) < 4.78 is 1.07. The van der Waals surface area contributed by atoms with Crippen LogP contribution in [0.3, 0.4) is 0 Å². The van der Waals surface area contributed by atoms with Crippen LogP contribution in [0.1, 0.15) is 24.0 Å². The van der Waals surface area contributed by atoms with Gasteiger partial charge in [-0.25, -0.2) is 0 Å². The van der Waals surface area contributed by atoms with E-state index in [0.29, 0.717) is 19.0 Å². The number of benzene rings is 2. The van der Waals surface area contributed by atoms with Crippen molar-refractivity contribution in [3.05, 3.63) is 70.2 Å². The van der Waals surface area contributed by atoms with E-state index in [9.17, 15) is 4.79 Å². The molecule has 1 N–H and O–H groups in total. The molecule has 0 unspecified atom stereocenters. The molecule has 1 amide bonds. The molecule has 0 fully saturated rings. The Morgan fingerprint density at radius 3 is 2.43 bits per heavy atom. The first-order valence-electron chi connectivity index (χ1n) is 7.79. The minimum atomic E-state index is 0.0624. The molecule has 3 nitrogen and oxygen atoms in total. The van der Waals surface area contributed by atoms with Gasteiger partial charge in [-0.15, -0.1) is 0 Å². The highest BCUT2D eigenvalue weighted by atomic mass is 79.9. The van der Waals surface area contributed by atoms with Crippen molar-refractivity contribution in [3.8, 4) is 0 Å². The number of hydrogen-bond donors (Lipinski definition) is 1. The normalized spacial score (nSPS) is 12.2. The van der Waals surface area contributed by atoms with Gasteiger partial charge in [-0.3, -0.25) is 9.69 Å². The van der Waals surface area contributed by atoms with Gasteiger partial charge in [-0.1, -0.05) is 65.3 Å². The molecule has 0 aliphatic heterocycles. The largest absolute Gasteiger partial charge is 0.354 e. The fourth-order valence-electron chi connectivity index (χ4n) is 2.42. The van der Waals surface area contributed by atoms with Crippen molar-refractivity contribution in [2.45, 2.75) is 19.4 Å². The zero-order valence-electron chi connectivity index (χ0n) is 13.6. The quantitative estimate of drug-likeness (QED) is 0.799. The topological polar surface area (TPSA) is 32.3 Å². The number of nitrogens with zero attached hydrogens (tertiary/aromatic N) is 1. The van der Waals surface area contributed by atoms with Crippen LogP contribution in [-0.4, -0.2) is 30.9 Å². The van der Waals surface area contributed by atoms with E-state index < -0.39 is 0 Å². The monoisotopic (exact) mass is 374 g/mol. The molecule has 0 bridgehead atoms. The second kappa shape index (κ2) is 8.85. The predicted molar refractivity (Wildman–Crippen MR) is 98.3 cm³/mol. The van der Waals surface area contributed by atoms with Gasteiger partial charge in [0.05, 0.1) is 6.54 Å². The molecule has 0 spiro atoms. The van der Waals surface area contributed by atoms with E-state index in [2.05, 4.69) is 52.4 Å². The maximum Gasteiger partial charge on any atom is 0.234 e. The van der Waals surface area contributed by atoms with Crippen LogP contribution in [0.15, 0.2) is 59.1 Å². The van der Waals surface area contributed by atoms with E-state index >= 15 is 0 Å². The number of carbonyl (C=O) groups is 1. The van der Waals surface area contributed by atoms with Crippen LogP contribution < -0.4 is 5.32 Å². The van der Waals surface area contributed by atoms with Gasteiger partial charge in [-0.2, -0.15) is 0 Å². The number of nitrogens with one attached hydrogen (secondary N) is 1. The highest BCUT2D eigenvalue weighted by molar-refractivity contribution is 9.10. The van der Waals surface area contributed by atoms with Gasteiger partial charge in [0.1, 0.15) is 0 Å². The fraction of sp³-hybridized carbons (Fsp3) is 0.316. The predicted octanol–water partition coefficient (Wildman–Crippen LogP) is 3.80. The van der Waals surface area contributed by atoms with Gasteiger partial charge in [-0.05, 0) is 36.2 Å². The summed E-state index contributed by atoms with van der Waals surface area (Å²) in [5.41, 5.74) is 2.44. The van der Waals surface area contributed by atoms with E-state index in [0.717, 1.165) is 11.0 Å². The van der Waals surface area contributed by atoms with Crippen molar-refractivity contribution in [1.29, 1.82) is 0 Å². The first-order chi connectivity index (χ1) is 11.0. The highest BCUT2D eigenvalue weighted by Gasteiger charge is 2.10. The molecule has 2 rings (SSSR count). The third-order valence-electron chi connectivity index (χ3n) is 3.75.